The Kier molecular flexibility index (Phi) is 4.38. The summed E-state index contributed by atoms with van der Waals surface area (Å²) in [6.07, 6.45) is 4.97. The molecule has 0 N–H and O–H groups in total. The fourth-order valence-electron chi connectivity index (χ4n) is 2.80. The predicted octanol–water partition coefficient (Wildman–Crippen LogP) is 3.09. The van der Waals surface area contributed by atoms with E-state index in [1.807, 2.05) is 18.4 Å². The van der Waals surface area contributed by atoms with Gasteiger partial charge in [0.1, 0.15) is 0 Å². The van der Waals surface area contributed by atoms with E-state index < -0.39 is 10.0 Å². The molecule has 0 bridgehead atoms. The lowest BCUT2D eigenvalue weighted by Crippen LogP contribution is -2.38. The van der Waals surface area contributed by atoms with E-state index in [0.717, 1.165) is 12.8 Å². The van der Waals surface area contributed by atoms with Crippen molar-refractivity contribution in [1.82, 2.24) is 13.9 Å². The largest absolute Gasteiger partial charge is 0.334 e. The summed E-state index contributed by atoms with van der Waals surface area (Å²) < 4.78 is 28.7. The molecule has 120 valence electrons. The van der Waals surface area contributed by atoms with Gasteiger partial charge in [-0.3, -0.25) is 0 Å². The summed E-state index contributed by atoms with van der Waals surface area (Å²) in [6.45, 7) is 5.14. The maximum Gasteiger partial charge on any atom is 0.262 e. The van der Waals surface area contributed by atoms with Crippen molar-refractivity contribution in [2.45, 2.75) is 43.7 Å². The van der Waals surface area contributed by atoms with Crippen LogP contribution in [-0.4, -0.2) is 35.4 Å². The van der Waals surface area contributed by atoms with Crippen LogP contribution in [0.2, 0.25) is 0 Å². The SMILES string of the molecule is CC(C)n1cnc(S(=O)(=O)N2CCC(c3ccsc3)CC2)c1. The molecule has 1 aliphatic heterocycles. The van der Waals surface area contributed by atoms with Crippen LogP contribution in [0.4, 0.5) is 0 Å². The van der Waals surface area contributed by atoms with Gasteiger partial charge in [0.25, 0.3) is 10.0 Å². The number of aromatic nitrogens is 2. The zero-order valence-corrected chi connectivity index (χ0v) is 14.5. The van der Waals surface area contributed by atoms with E-state index in [9.17, 15) is 8.42 Å². The van der Waals surface area contributed by atoms with Gasteiger partial charge in [-0.2, -0.15) is 15.6 Å². The van der Waals surface area contributed by atoms with Gasteiger partial charge in [0, 0.05) is 25.3 Å². The zero-order chi connectivity index (χ0) is 15.7. The van der Waals surface area contributed by atoms with Gasteiger partial charge in [-0.05, 0) is 55.0 Å². The molecule has 1 fully saturated rings. The molecule has 5 nitrogen and oxygen atoms in total. The summed E-state index contributed by atoms with van der Waals surface area (Å²) in [5.41, 5.74) is 1.34. The number of sulfonamides is 1. The second kappa shape index (κ2) is 6.14. The minimum atomic E-state index is -3.46. The summed E-state index contributed by atoms with van der Waals surface area (Å²) >= 11 is 1.70. The third-order valence-electron chi connectivity index (χ3n) is 4.25. The first-order valence-electron chi connectivity index (χ1n) is 7.54. The molecule has 3 heterocycles. The number of piperidine rings is 1. The second-order valence-electron chi connectivity index (χ2n) is 5.99. The van der Waals surface area contributed by atoms with E-state index in [4.69, 9.17) is 0 Å². The molecule has 7 heteroatoms. The molecule has 2 aromatic rings. The highest BCUT2D eigenvalue weighted by molar-refractivity contribution is 7.89. The van der Waals surface area contributed by atoms with Crippen LogP contribution in [0, 0.1) is 0 Å². The van der Waals surface area contributed by atoms with E-state index in [-0.39, 0.29) is 11.1 Å². The fourth-order valence-corrected chi connectivity index (χ4v) is 4.94. The Morgan fingerprint density at radius 2 is 2.05 bits per heavy atom. The quantitative estimate of drug-likeness (QED) is 0.860. The van der Waals surface area contributed by atoms with Crippen LogP contribution in [-0.2, 0) is 10.0 Å². The Morgan fingerprint density at radius 3 is 2.59 bits per heavy atom. The van der Waals surface area contributed by atoms with E-state index in [2.05, 4.69) is 21.8 Å². The molecule has 0 saturated carbocycles. The lowest BCUT2D eigenvalue weighted by Gasteiger charge is -2.30. The lowest BCUT2D eigenvalue weighted by molar-refractivity contribution is 0.319. The van der Waals surface area contributed by atoms with E-state index in [1.54, 1.807) is 28.2 Å². The summed E-state index contributed by atoms with van der Waals surface area (Å²) in [5.74, 6) is 0.478. The average molecular weight is 339 g/mol. The Morgan fingerprint density at radius 1 is 1.32 bits per heavy atom. The molecule has 1 aliphatic rings. The van der Waals surface area contributed by atoms with Gasteiger partial charge >= 0.3 is 0 Å². The Labute approximate surface area is 135 Å². The molecule has 2 aromatic heterocycles. The van der Waals surface area contributed by atoms with Crippen molar-refractivity contribution in [3.63, 3.8) is 0 Å². The number of thiophene rings is 1. The second-order valence-corrected chi connectivity index (χ2v) is 8.65. The van der Waals surface area contributed by atoms with Gasteiger partial charge in [0.2, 0.25) is 0 Å². The third kappa shape index (κ3) is 2.98. The van der Waals surface area contributed by atoms with Crippen LogP contribution in [0.5, 0.6) is 0 Å². The van der Waals surface area contributed by atoms with Crippen LogP contribution in [0.25, 0.3) is 0 Å². The van der Waals surface area contributed by atoms with Crippen LogP contribution in [0.15, 0.2) is 34.4 Å². The predicted molar refractivity (Wildman–Crippen MR) is 87.7 cm³/mol. The van der Waals surface area contributed by atoms with Crippen LogP contribution < -0.4 is 0 Å². The molecular formula is C15H21N3O2S2. The summed E-state index contributed by atoms with van der Waals surface area (Å²) in [6, 6.07) is 2.35. The number of imidazole rings is 1. The first kappa shape index (κ1) is 15.7. The van der Waals surface area contributed by atoms with Crippen molar-refractivity contribution in [3.8, 4) is 0 Å². The van der Waals surface area contributed by atoms with Gasteiger partial charge in [-0.1, -0.05) is 0 Å². The minimum Gasteiger partial charge on any atom is -0.334 e. The van der Waals surface area contributed by atoms with E-state index >= 15 is 0 Å². The van der Waals surface area contributed by atoms with Gasteiger partial charge in [-0.15, -0.1) is 0 Å². The number of hydrogen-bond acceptors (Lipinski definition) is 4. The highest BCUT2D eigenvalue weighted by atomic mass is 32.2. The summed E-state index contributed by atoms with van der Waals surface area (Å²) in [7, 11) is -3.46. The fraction of sp³-hybridized carbons (Fsp3) is 0.533. The molecular weight excluding hydrogens is 318 g/mol. The first-order chi connectivity index (χ1) is 10.5. The third-order valence-corrected chi connectivity index (χ3v) is 6.73. The van der Waals surface area contributed by atoms with Gasteiger partial charge in [0.05, 0.1) is 6.33 Å². The Bertz CT molecular complexity index is 712. The molecule has 0 amide bonds. The topological polar surface area (TPSA) is 55.2 Å². The van der Waals surface area contributed by atoms with E-state index in [1.165, 1.54) is 5.56 Å². The van der Waals surface area contributed by atoms with Crippen molar-refractivity contribution in [3.05, 3.63) is 34.9 Å². The van der Waals surface area contributed by atoms with Crippen molar-refractivity contribution >= 4 is 21.4 Å². The minimum absolute atomic E-state index is 0.162. The maximum atomic E-state index is 12.7. The molecule has 0 aliphatic carbocycles. The molecule has 0 radical (unpaired) electrons. The average Bonchev–Trinajstić information content (AvgIpc) is 3.19. The molecule has 3 rings (SSSR count). The Balaban J connectivity index is 1.71. The molecule has 0 spiro atoms. The summed E-state index contributed by atoms with van der Waals surface area (Å²) in [4.78, 5) is 4.09. The Hall–Kier alpha value is -1.18. The smallest absolute Gasteiger partial charge is 0.262 e. The molecule has 0 aromatic carbocycles. The lowest BCUT2D eigenvalue weighted by atomic mass is 9.92. The number of nitrogens with zero attached hydrogens (tertiary/aromatic N) is 3. The van der Waals surface area contributed by atoms with Crippen molar-refractivity contribution in [2.75, 3.05) is 13.1 Å². The van der Waals surface area contributed by atoms with Crippen molar-refractivity contribution < 1.29 is 8.42 Å². The van der Waals surface area contributed by atoms with Crippen LogP contribution in [0.3, 0.4) is 0 Å². The standard InChI is InChI=1S/C15H21N3O2S2/c1-12(2)17-9-15(16-11-17)22(19,20)18-6-3-13(4-7-18)14-5-8-21-10-14/h5,8-13H,3-4,6-7H2,1-2H3. The molecule has 0 atom stereocenters. The van der Waals surface area contributed by atoms with Gasteiger partial charge < -0.3 is 4.57 Å². The zero-order valence-electron chi connectivity index (χ0n) is 12.8. The van der Waals surface area contributed by atoms with Gasteiger partial charge in [0.15, 0.2) is 5.03 Å². The van der Waals surface area contributed by atoms with Crippen LogP contribution >= 0.6 is 11.3 Å². The summed E-state index contributed by atoms with van der Waals surface area (Å²) in [5, 5.41) is 4.41. The molecule has 1 saturated heterocycles. The highest BCUT2D eigenvalue weighted by Gasteiger charge is 2.31. The highest BCUT2D eigenvalue weighted by Crippen LogP contribution is 2.31. The van der Waals surface area contributed by atoms with Crippen molar-refractivity contribution in [2.24, 2.45) is 0 Å². The van der Waals surface area contributed by atoms with Crippen molar-refractivity contribution in [1.29, 1.82) is 0 Å². The van der Waals surface area contributed by atoms with Crippen LogP contribution in [0.1, 0.15) is 44.2 Å². The number of hydrogen-bond donors (Lipinski definition) is 0. The molecule has 0 unspecified atom stereocenters. The normalized spacial score (nSPS) is 18.1. The van der Waals surface area contributed by atoms with Gasteiger partial charge in [-0.25, -0.2) is 13.4 Å². The molecule has 22 heavy (non-hydrogen) atoms. The monoisotopic (exact) mass is 339 g/mol. The first-order valence-corrected chi connectivity index (χ1v) is 9.92. The van der Waals surface area contributed by atoms with E-state index in [0.29, 0.717) is 19.0 Å². The maximum absolute atomic E-state index is 12.7. The number of rotatable bonds is 4.